The van der Waals surface area contributed by atoms with Crippen LogP contribution in [0.2, 0.25) is 0 Å². The number of piperazine rings is 2. The molecule has 0 radical (unpaired) electrons. The summed E-state index contributed by atoms with van der Waals surface area (Å²) in [5, 5.41) is 13.6. The van der Waals surface area contributed by atoms with Crippen molar-refractivity contribution >= 4 is 0 Å². The van der Waals surface area contributed by atoms with E-state index in [9.17, 15) is 5.11 Å². The van der Waals surface area contributed by atoms with Gasteiger partial charge in [0.2, 0.25) is 0 Å². The van der Waals surface area contributed by atoms with E-state index < -0.39 is 0 Å². The number of rotatable bonds is 5. The van der Waals surface area contributed by atoms with Crippen molar-refractivity contribution in [2.24, 2.45) is 0 Å². The molecule has 2 atom stereocenters. The van der Waals surface area contributed by atoms with Crippen LogP contribution in [-0.2, 0) is 0 Å². The van der Waals surface area contributed by atoms with Crippen LogP contribution in [0.4, 0.5) is 0 Å². The molecule has 5 nitrogen and oxygen atoms in total. The maximum atomic E-state index is 10.3. The molecule has 2 aliphatic heterocycles. The van der Waals surface area contributed by atoms with Gasteiger partial charge in [0, 0.05) is 64.9 Å². The molecule has 0 aliphatic carbocycles. The number of nitrogens with one attached hydrogen (secondary N) is 1. The van der Waals surface area contributed by atoms with Crippen molar-refractivity contribution in [2.45, 2.75) is 25.5 Å². The third-order valence-corrected chi connectivity index (χ3v) is 4.48. The van der Waals surface area contributed by atoms with E-state index >= 15 is 0 Å². The van der Waals surface area contributed by atoms with Crippen molar-refractivity contribution in [1.82, 2.24) is 20.0 Å². The van der Waals surface area contributed by atoms with E-state index in [-0.39, 0.29) is 6.10 Å². The molecule has 112 valence electrons. The van der Waals surface area contributed by atoms with E-state index in [2.05, 4.69) is 34.0 Å². The Morgan fingerprint density at radius 1 is 1.11 bits per heavy atom. The number of hydrogen-bond acceptors (Lipinski definition) is 5. The van der Waals surface area contributed by atoms with Gasteiger partial charge in [-0.3, -0.25) is 9.80 Å². The Hall–Kier alpha value is -0.200. The molecule has 2 N–H and O–H groups in total. The highest BCUT2D eigenvalue weighted by Crippen LogP contribution is 2.11. The minimum atomic E-state index is -0.209. The van der Waals surface area contributed by atoms with Gasteiger partial charge in [-0.2, -0.15) is 0 Å². The van der Waals surface area contributed by atoms with Crippen LogP contribution in [-0.4, -0.2) is 97.9 Å². The average Bonchev–Trinajstić information content (AvgIpc) is 2.42. The molecule has 2 saturated heterocycles. The highest BCUT2D eigenvalue weighted by molar-refractivity contribution is 4.81. The number of aliphatic hydroxyl groups is 1. The zero-order valence-corrected chi connectivity index (χ0v) is 12.5. The number of aliphatic hydroxyl groups excluding tert-OH is 1. The molecule has 5 heteroatoms. The van der Waals surface area contributed by atoms with E-state index in [1.54, 1.807) is 0 Å². The maximum Gasteiger partial charge on any atom is 0.0793 e. The van der Waals surface area contributed by atoms with Crippen LogP contribution in [0.5, 0.6) is 0 Å². The van der Waals surface area contributed by atoms with Crippen molar-refractivity contribution < 1.29 is 5.11 Å². The van der Waals surface area contributed by atoms with Crippen LogP contribution >= 0.6 is 0 Å². The summed E-state index contributed by atoms with van der Waals surface area (Å²) in [7, 11) is 2.21. The van der Waals surface area contributed by atoms with Gasteiger partial charge in [-0.15, -0.1) is 0 Å². The third kappa shape index (κ3) is 4.68. The Bertz CT molecular complexity index is 258. The van der Waals surface area contributed by atoms with Gasteiger partial charge in [-0.05, 0) is 13.5 Å². The Balaban J connectivity index is 1.70. The van der Waals surface area contributed by atoms with Crippen LogP contribution in [0.15, 0.2) is 0 Å². The standard InChI is InChI=1S/C14H30N4O/c1-3-13-10-18(9-8-16(13)2)12-14(19)11-17-6-4-15-5-7-17/h13-15,19H,3-12H2,1-2H3. The van der Waals surface area contributed by atoms with Crippen LogP contribution in [0, 0.1) is 0 Å². The Labute approximate surface area is 117 Å². The van der Waals surface area contributed by atoms with E-state index in [0.29, 0.717) is 6.04 Å². The zero-order chi connectivity index (χ0) is 13.7. The van der Waals surface area contributed by atoms with E-state index in [1.807, 2.05) is 0 Å². The summed E-state index contributed by atoms with van der Waals surface area (Å²) in [6, 6.07) is 0.653. The largest absolute Gasteiger partial charge is 0.390 e. The van der Waals surface area contributed by atoms with Crippen molar-refractivity contribution in [3.63, 3.8) is 0 Å². The average molecular weight is 270 g/mol. The molecule has 0 bridgehead atoms. The molecule has 2 aliphatic rings. The normalized spacial score (nSPS) is 29.5. The summed E-state index contributed by atoms with van der Waals surface area (Å²) in [5.74, 6) is 0. The minimum Gasteiger partial charge on any atom is -0.390 e. The molecule has 2 fully saturated rings. The third-order valence-electron chi connectivity index (χ3n) is 4.48. The highest BCUT2D eigenvalue weighted by Gasteiger charge is 2.25. The predicted octanol–water partition coefficient (Wildman–Crippen LogP) is -0.721. The van der Waals surface area contributed by atoms with Gasteiger partial charge < -0.3 is 15.3 Å². The fourth-order valence-corrected chi connectivity index (χ4v) is 3.16. The first-order valence-corrected chi connectivity index (χ1v) is 7.72. The Morgan fingerprint density at radius 3 is 2.47 bits per heavy atom. The zero-order valence-electron chi connectivity index (χ0n) is 12.5. The molecule has 2 heterocycles. The number of hydrogen-bond donors (Lipinski definition) is 2. The van der Waals surface area contributed by atoms with Crippen molar-refractivity contribution in [2.75, 3.05) is 66.0 Å². The fraction of sp³-hybridized carbons (Fsp3) is 1.00. The lowest BCUT2D eigenvalue weighted by Gasteiger charge is -2.40. The summed E-state index contributed by atoms with van der Waals surface area (Å²) in [4.78, 5) is 7.24. The van der Waals surface area contributed by atoms with E-state index in [0.717, 1.165) is 58.9 Å². The molecule has 2 rings (SSSR count). The molecule has 2 unspecified atom stereocenters. The second-order valence-corrected chi connectivity index (χ2v) is 6.01. The van der Waals surface area contributed by atoms with E-state index in [1.165, 1.54) is 6.42 Å². The summed E-state index contributed by atoms with van der Waals surface area (Å²) < 4.78 is 0. The lowest BCUT2D eigenvalue weighted by atomic mass is 10.1. The smallest absolute Gasteiger partial charge is 0.0793 e. The van der Waals surface area contributed by atoms with Crippen LogP contribution < -0.4 is 5.32 Å². The molecule has 0 aromatic rings. The first-order valence-electron chi connectivity index (χ1n) is 7.72. The molecule has 0 aromatic carbocycles. The van der Waals surface area contributed by atoms with E-state index in [4.69, 9.17) is 0 Å². The van der Waals surface area contributed by atoms with Crippen LogP contribution in [0.25, 0.3) is 0 Å². The van der Waals surface area contributed by atoms with Crippen molar-refractivity contribution in [3.8, 4) is 0 Å². The number of β-amino-alcohol motifs (C(OH)–C–C–N with tert-alkyl or cyclic N) is 1. The monoisotopic (exact) mass is 270 g/mol. The SMILES string of the molecule is CCC1CN(CC(O)CN2CCNCC2)CCN1C. The molecule has 0 aromatic heterocycles. The molecule has 0 amide bonds. The summed E-state index contributed by atoms with van der Waals surface area (Å²) >= 11 is 0. The predicted molar refractivity (Wildman–Crippen MR) is 78.5 cm³/mol. The molecule has 0 spiro atoms. The second kappa shape index (κ2) is 7.55. The molecule has 0 saturated carbocycles. The first-order chi connectivity index (χ1) is 9.19. The molecular weight excluding hydrogens is 240 g/mol. The van der Waals surface area contributed by atoms with Crippen molar-refractivity contribution in [3.05, 3.63) is 0 Å². The minimum absolute atomic E-state index is 0.209. The fourth-order valence-electron chi connectivity index (χ4n) is 3.16. The topological polar surface area (TPSA) is 42.0 Å². The van der Waals surface area contributed by atoms with Gasteiger partial charge in [0.25, 0.3) is 0 Å². The van der Waals surface area contributed by atoms with Crippen LogP contribution in [0.1, 0.15) is 13.3 Å². The second-order valence-electron chi connectivity index (χ2n) is 6.01. The first kappa shape index (κ1) is 15.2. The summed E-state index contributed by atoms with van der Waals surface area (Å²) in [6.45, 7) is 11.5. The van der Waals surface area contributed by atoms with Gasteiger partial charge in [0.05, 0.1) is 6.10 Å². The van der Waals surface area contributed by atoms with Gasteiger partial charge in [0.15, 0.2) is 0 Å². The molecule has 19 heavy (non-hydrogen) atoms. The van der Waals surface area contributed by atoms with Gasteiger partial charge in [-0.25, -0.2) is 0 Å². The number of nitrogens with zero attached hydrogens (tertiary/aromatic N) is 3. The molecular formula is C14H30N4O. The summed E-state index contributed by atoms with van der Waals surface area (Å²) in [5.41, 5.74) is 0. The van der Waals surface area contributed by atoms with Crippen LogP contribution in [0.3, 0.4) is 0 Å². The Morgan fingerprint density at radius 2 is 1.79 bits per heavy atom. The number of likely N-dealkylation sites (N-methyl/N-ethyl adjacent to an activating group) is 1. The van der Waals surface area contributed by atoms with Gasteiger partial charge >= 0.3 is 0 Å². The summed E-state index contributed by atoms with van der Waals surface area (Å²) in [6.07, 6.45) is 0.986. The lowest BCUT2D eigenvalue weighted by Crippen LogP contribution is -2.54. The van der Waals surface area contributed by atoms with Gasteiger partial charge in [0.1, 0.15) is 0 Å². The lowest BCUT2D eigenvalue weighted by molar-refractivity contribution is 0.0331. The van der Waals surface area contributed by atoms with Crippen molar-refractivity contribution in [1.29, 1.82) is 0 Å². The quantitative estimate of drug-likeness (QED) is 0.690. The van der Waals surface area contributed by atoms with Gasteiger partial charge in [-0.1, -0.05) is 6.92 Å². The Kier molecular flexibility index (Phi) is 6.04. The maximum absolute atomic E-state index is 10.3. The highest BCUT2D eigenvalue weighted by atomic mass is 16.3.